The Morgan fingerprint density at radius 1 is 1.00 bits per heavy atom. The van der Waals surface area contributed by atoms with Crippen molar-refractivity contribution in [3.05, 3.63) is 70.7 Å². The highest BCUT2D eigenvalue weighted by Gasteiger charge is 2.26. The van der Waals surface area contributed by atoms with Crippen molar-refractivity contribution in [1.29, 1.82) is 0 Å². The van der Waals surface area contributed by atoms with E-state index in [-0.39, 0.29) is 24.3 Å². The van der Waals surface area contributed by atoms with Gasteiger partial charge in [0, 0.05) is 17.6 Å². The van der Waals surface area contributed by atoms with Gasteiger partial charge in [-0.15, -0.1) is 0 Å². The predicted octanol–water partition coefficient (Wildman–Crippen LogP) is 4.26. The Hall–Kier alpha value is -2.33. The lowest BCUT2D eigenvalue weighted by Gasteiger charge is -2.29. The molecule has 0 spiro atoms. The molecule has 5 heteroatoms. The second-order valence-electron chi connectivity index (χ2n) is 7.12. The number of nitrogens with zero attached hydrogens (tertiary/aromatic N) is 1. The third kappa shape index (κ3) is 6.68. The van der Waals surface area contributed by atoms with Crippen LogP contribution < -0.4 is 5.32 Å². The van der Waals surface area contributed by atoms with E-state index in [2.05, 4.69) is 5.32 Å². The lowest BCUT2D eigenvalue weighted by molar-refractivity contribution is -0.139. The quantitative estimate of drug-likeness (QED) is 0.683. The van der Waals surface area contributed by atoms with Gasteiger partial charge >= 0.3 is 0 Å². The van der Waals surface area contributed by atoms with Crippen LogP contribution >= 0.6 is 11.6 Å². The lowest BCUT2D eigenvalue weighted by Crippen LogP contribution is -2.50. The lowest BCUT2D eigenvalue weighted by atomic mass is 10.1. The molecule has 0 saturated carbocycles. The van der Waals surface area contributed by atoms with Crippen molar-refractivity contribution in [3.63, 3.8) is 0 Å². The number of carbonyl (C=O) groups excluding carboxylic acids is 2. The largest absolute Gasteiger partial charge is 0.352 e. The maximum atomic E-state index is 13.0. The summed E-state index contributed by atoms with van der Waals surface area (Å²) in [6, 6.07) is 16.8. The highest BCUT2D eigenvalue weighted by atomic mass is 35.5. The van der Waals surface area contributed by atoms with Gasteiger partial charge in [0.15, 0.2) is 0 Å². The molecular weight excluding hydrogens is 372 g/mol. The second kappa shape index (κ2) is 10.9. The summed E-state index contributed by atoms with van der Waals surface area (Å²) >= 11 is 5.93. The third-order valence-corrected chi connectivity index (χ3v) is 5.17. The van der Waals surface area contributed by atoms with E-state index in [1.807, 2.05) is 56.3 Å². The molecule has 0 aliphatic rings. The smallest absolute Gasteiger partial charge is 0.242 e. The van der Waals surface area contributed by atoms with Crippen LogP contribution in [0.25, 0.3) is 0 Å². The van der Waals surface area contributed by atoms with Crippen LogP contribution in [0.5, 0.6) is 0 Å². The molecule has 150 valence electrons. The van der Waals surface area contributed by atoms with Gasteiger partial charge in [0.1, 0.15) is 6.04 Å². The fraction of sp³-hybridized carbons (Fsp3) is 0.391. The molecule has 0 radical (unpaired) electrons. The van der Waals surface area contributed by atoms with Gasteiger partial charge in [-0.2, -0.15) is 0 Å². The normalized spacial score (nSPS) is 12.9. The van der Waals surface area contributed by atoms with Crippen molar-refractivity contribution in [1.82, 2.24) is 10.2 Å². The summed E-state index contributed by atoms with van der Waals surface area (Å²) in [5, 5.41) is 3.62. The molecule has 1 N–H and O–H groups in total. The number of nitrogens with one attached hydrogen (secondary N) is 1. The van der Waals surface area contributed by atoms with E-state index in [0.29, 0.717) is 18.0 Å². The molecule has 2 amide bonds. The summed E-state index contributed by atoms with van der Waals surface area (Å²) in [5.74, 6) is -0.183. The molecule has 4 nitrogen and oxygen atoms in total. The standard InChI is InChI=1S/C23H29ClN2O2/c1-4-17(2)25-23(28)18(3)26(15-14-19-8-6-5-7-9-19)22(27)16-20-10-12-21(24)13-11-20/h5-13,17-18H,4,14-16H2,1-3H3,(H,25,28)/t17-,18-/m0/s1. The van der Waals surface area contributed by atoms with E-state index < -0.39 is 6.04 Å². The monoisotopic (exact) mass is 400 g/mol. The fourth-order valence-electron chi connectivity index (χ4n) is 2.91. The van der Waals surface area contributed by atoms with E-state index >= 15 is 0 Å². The van der Waals surface area contributed by atoms with E-state index in [1.54, 1.807) is 24.0 Å². The van der Waals surface area contributed by atoms with Gasteiger partial charge in [-0.05, 0) is 49.9 Å². The van der Waals surface area contributed by atoms with Crippen molar-refractivity contribution in [2.75, 3.05) is 6.54 Å². The second-order valence-corrected chi connectivity index (χ2v) is 7.56. The zero-order valence-corrected chi connectivity index (χ0v) is 17.6. The minimum absolute atomic E-state index is 0.0648. The topological polar surface area (TPSA) is 49.4 Å². The zero-order chi connectivity index (χ0) is 20.5. The summed E-state index contributed by atoms with van der Waals surface area (Å²) in [6.45, 7) is 6.27. The first-order valence-corrected chi connectivity index (χ1v) is 10.2. The number of rotatable bonds is 9. The SMILES string of the molecule is CC[C@H](C)NC(=O)[C@H](C)N(CCc1ccccc1)C(=O)Cc1ccc(Cl)cc1. The van der Waals surface area contributed by atoms with Crippen LogP contribution in [0.3, 0.4) is 0 Å². The van der Waals surface area contributed by atoms with Gasteiger partial charge in [0.25, 0.3) is 0 Å². The van der Waals surface area contributed by atoms with Crippen molar-refractivity contribution >= 4 is 23.4 Å². The van der Waals surface area contributed by atoms with E-state index in [4.69, 9.17) is 11.6 Å². The van der Waals surface area contributed by atoms with Crippen LogP contribution in [-0.4, -0.2) is 35.3 Å². The third-order valence-electron chi connectivity index (χ3n) is 4.92. The van der Waals surface area contributed by atoms with Crippen molar-refractivity contribution in [2.24, 2.45) is 0 Å². The highest BCUT2D eigenvalue weighted by molar-refractivity contribution is 6.30. The predicted molar refractivity (Wildman–Crippen MR) is 114 cm³/mol. The molecule has 0 aliphatic carbocycles. The summed E-state index contributed by atoms with van der Waals surface area (Å²) in [4.78, 5) is 27.4. The van der Waals surface area contributed by atoms with E-state index in [9.17, 15) is 9.59 Å². The Morgan fingerprint density at radius 2 is 1.64 bits per heavy atom. The average molecular weight is 401 g/mol. The molecule has 0 aromatic heterocycles. The fourth-order valence-corrected chi connectivity index (χ4v) is 3.04. The van der Waals surface area contributed by atoms with Crippen LogP contribution in [0.1, 0.15) is 38.3 Å². The molecule has 2 aromatic rings. The Morgan fingerprint density at radius 3 is 2.25 bits per heavy atom. The average Bonchev–Trinajstić information content (AvgIpc) is 2.70. The van der Waals surface area contributed by atoms with Crippen LogP contribution in [0, 0.1) is 0 Å². The molecule has 2 aromatic carbocycles. The van der Waals surface area contributed by atoms with Crippen molar-refractivity contribution in [3.8, 4) is 0 Å². The zero-order valence-electron chi connectivity index (χ0n) is 16.8. The number of hydrogen-bond acceptors (Lipinski definition) is 2. The summed E-state index contributed by atoms with van der Waals surface area (Å²) in [6.07, 6.45) is 1.79. The summed E-state index contributed by atoms with van der Waals surface area (Å²) in [7, 11) is 0. The van der Waals surface area contributed by atoms with Gasteiger partial charge in [-0.25, -0.2) is 0 Å². The first-order chi connectivity index (χ1) is 13.4. The van der Waals surface area contributed by atoms with Gasteiger partial charge in [-0.1, -0.05) is 61.0 Å². The molecular formula is C23H29ClN2O2. The number of halogens is 1. The molecule has 0 aliphatic heterocycles. The molecule has 0 heterocycles. The van der Waals surface area contributed by atoms with E-state index in [1.165, 1.54) is 0 Å². The Labute approximate surface area is 172 Å². The summed E-state index contributed by atoms with van der Waals surface area (Å²) < 4.78 is 0. The first-order valence-electron chi connectivity index (χ1n) is 9.79. The molecule has 0 unspecified atom stereocenters. The highest BCUT2D eigenvalue weighted by Crippen LogP contribution is 2.13. The van der Waals surface area contributed by atoms with E-state index in [0.717, 1.165) is 17.5 Å². The first kappa shape index (κ1) is 22.0. The molecule has 2 atom stereocenters. The maximum absolute atomic E-state index is 13.0. The van der Waals surface area contributed by atoms with Crippen molar-refractivity contribution < 1.29 is 9.59 Å². The Kier molecular flexibility index (Phi) is 8.52. The Balaban J connectivity index is 2.12. The molecule has 0 fully saturated rings. The Bertz CT molecular complexity index is 762. The maximum Gasteiger partial charge on any atom is 0.242 e. The summed E-state index contributed by atoms with van der Waals surface area (Å²) in [5.41, 5.74) is 2.02. The van der Waals surface area contributed by atoms with Gasteiger partial charge in [-0.3, -0.25) is 9.59 Å². The van der Waals surface area contributed by atoms with Gasteiger partial charge < -0.3 is 10.2 Å². The van der Waals surface area contributed by atoms with Crippen LogP contribution in [0.2, 0.25) is 5.02 Å². The van der Waals surface area contributed by atoms with Crippen LogP contribution in [-0.2, 0) is 22.4 Å². The van der Waals surface area contributed by atoms with Gasteiger partial charge in [0.2, 0.25) is 11.8 Å². The van der Waals surface area contributed by atoms with Gasteiger partial charge in [0.05, 0.1) is 6.42 Å². The minimum atomic E-state index is -0.530. The number of amides is 2. The number of hydrogen-bond donors (Lipinski definition) is 1. The molecule has 0 saturated heterocycles. The van der Waals surface area contributed by atoms with Crippen LogP contribution in [0.15, 0.2) is 54.6 Å². The molecule has 2 rings (SSSR count). The molecule has 28 heavy (non-hydrogen) atoms. The van der Waals surface area contributed by atoms with Crippen molar-refractivity contribution in [2.45, 2.75) is 52.1 Å². The number of benzene rings is 2. The minimum Gasteiger partial charge on any atom is -0.352 e. The number of carbonyl (C=O) groups is 2. The van der Waals surface area contributed by atoms with Crippen LogP contribution in [0.4, 0.5) is 0 Å². The molecule has 0 bridgehead atoms.